The SMILES string of the molecule is COc1ccc(C=Nc2ccc3nc(-c4ccc5ccccc5c4)oc3c2)cc1Cl. The summed E-state index contributed by atoms with van der Waals surface area (Å²) in [6.45, 7) is 0. The molecule has 0 aliphatic carbocycles. The molecule has 5 heteroatoms. The van der Waals surface area contributed by atoms with Crippen LogP contribution in [-0.2, 0) is 0 Å². The molecule has 0 saturated heterocycles. The van der Waals surface area contributed by atoms with Gasteiger partial charge < -0.3 is 9.15 Å². The van der Waals surface area contributed by atoms with Gasteiger partial charge in [0, 0.05) is 17.8 Å². The van der Waals surface area contributed by atoms with Gasteiger partial charge in [-0.3, -0.25) is 4.99 Å². The molecule has 5 rings (SSSR count). The van der Waals surface area contributed by atoms with Crippen molar-refractivity contribution in [1.82, 2.24) is 4.98 Å². The zero-order chi connectivity index (χ0) is 20.5. The fourth-order valence-electron chi connectivity index (χ4n) is 3.35. The lowest BCUT2D eigenvalue weighted by molar-refractivity contribution is 0.415. The smallest absolute Gasteiger partial charge is 0.227 e. The minimum Gasteiger partial charge on any atom is -0.495 e. The van der Waals surface area contributed by atoms with Crippen molar-refractivity contribution in [2.24, 2.45) is 4.99 Å². The zero-order valence-electron chi connectivity index (χ0n) is 16.2. The zero-order valence-corrected chi connectivity index (χ0v) is 16.9. The molecule has 30 heavy (non-hydrogen) atoms. The first-order valence-electron chi connectivity index (χ1n) is 9.47. The van der Waals surface area contributed by atoms with E-state index in [-0.39, 0.29) is 0 Å². The summed E-state index contributed by atoms with van der Waals surface area (Å²) >= 11 is 6.18. The van der Waals surface area contributed by atoms with E-state index in [4.69, 9.17) is 20.8 Å². The highest BCUT2D eigenvalue weighted by Crippen LogP contribution is 2.29. The lowest BCUT2D eigenvalue weighted by atomic mass is 10.1. The summed E-state index contributed by atoms with van der Waals surface area (Å²) in [6.07, 6.45) is 1.76. The fraction of sp³-hybridized carbons (Fsp3) is 0.0400. The molecule has 0 N–H and O–H groups in total. The Balaban J connectivity index is 1.45. The Bertz CT molecular complexity index is 1410. The van der Waals surface area contributed by atoms with E-state index in [9.17, 15) is 0 Å². The van der Waals surface area contributed by atoms with Crippen LogP contribution in [0.25, 0.3) is 33.3 Å². The van der Waals surface area contributed by atoms with Crippen molar-refractivity contribution in [2.45, 2.75) is 0 Å². The number of benzene rings is 4. The van der Waals surface area contributed by atoms with Crippen molar-refractivity contribution in [1.29, 1.82) is 0 Å². The second-order valence-corrected chi connectivity index (χ2v) is 7.29. The van der Waals surface area contributed by atoms with Gasteiger partial charge in [-0.2, -0.15) is 0 Å². The number of nitrogens with zero attached hydrogens (tertiary/aromatic N) is 2. The predicted octanol–water partition coefficient (Wildman–Crippen LogP) is 7.06. The van der Waals surface area contributed by atoms with Gasteiger partial charge in [-0.15, -0.1) is 0 Å². The van der Waals surface area contributed by atoms with E-state index in [0.29, 0.717) is 22.2 Å². The molecule has 1 aromatic heterocycles. The Hall–Kier alpha value is -3.63. The molecular weight excluding hydrogens is 396 g/mol. The van der Waals surface area contributed by atoms with Crippen molar-refractivity contribution in [3.63, 3.8) is 0 Å². The number of aromatic nitrogens is 1. The van der Waals surface area contributed by atoms with Gasteiger partial charge in [-0.1, -0.05) is 41.9 Å². The summed E-state index contributed by atoms with van der Waals surface area (Å²) in [4.78, 5) is 9.16. The molecule has 0 radical (unpaired) electrons. The van der Waals surface area contributed by atoms with Crippen LogP contribution in [0.15, 0.2) is 88.3 Å². The van der Waals surface area contributed by atoms with Gasteiger partial charge in [0.2, 0.25) is 5.89 Å². The Morgan fingerprint density at radius 2 is 1.80 bits per heavy atom. The van der Waals surface area contributed by atoms with Gasteiger partial charge in [0.25, 0.3) is 0 Å². The predicted molar refractivity (Wildman–Crippen MR) is 122 cm³/mol. The van der Waals surface area contributed by atoms with Crippen LogP contribution in [0, 0.1) is 0 Å². The summed E-state index contributed by atoms with van der Waals surface area (Å²) in [5, 5.41) is 2.89. The van der Waals surface area contributed by atoms with Gasteiger partial charge >= 0.3 is 0 Å². The highest BCUT2D eigenvalue weighted by Gasteiger charge is 2.09. The summed E-state index contributed by atoms with van der Waals surface area (Å²) in [5.74, 6) is 1.23. The maximum atomic E-state index is 6.18. The van der Waals surface area contributed by atoms with Crippen molar-refractivity contribution >= 4 is 45.4 Å². The number of oxazole rings is 1. The topological polar surface area (TPSA) is 47.6 Å². The van der Waals surface area contributed by atoms with Gasteiger partial charge in [0.15, 0.2) is 5.58 Å². The minimum atomic E-state index is 0.548. The third kappa shape index (κ3) is 3.53. The summed E-state index contributed by atoms with van der Waals surface area (Å²) in [5.41, 5.74) is 4.10. The lowest BCUT2D eigenvalue weighted by Crippen LogP contribution is -1.86. The molecule has 0 spiro atoms. The van der Waals surface area contributed by atoms with Crippen molar-refractivity contribution in [2.75, 3.05) is 7.11 Å². The van der Waals surface area contributed by atoms with E-state index in [2.05, 4.69) is 34.2 Å². The van der Waals surface area contributed by atoms with Crippen LogP contribution in [-0.4, -0.2) is 18.3 Å². The molecule has 0 aliphatic rings. The van der Waals surface area contributed by atoms with Gasteiger partial charge in [-0.25, -0.2) is 4.98 Å². The van der Waals surface area contributed by atoms with E-state index in [1.807, 2.05) is 54.6 Å². The Morgan fingerprint density at radius 1 is 0.933 bits per heavy atom. The number of hydrogen-bond donors (Lipinski definition) is 0. The second-order valence-electron chi connectivity index (χ2n) is 6.89. The Kier molecular flexibility index (Phi) is 4.69. The van der Waals surface area contributed by atoms with Crippen LogP contribution in [0.4, 0.5) is 5.69 Å². The van der Waals surface area contributed by atoms with Gasteiger partial charge in [0.05, 0.1) is 17.8 Å². The molecule has 0 atom stereocenters. The number of aliphatic imine (C=N–C) groups is 1. The van der Waals surface area contributed by atoms with Crippen LogP contribution >= 0.6 is 11.6 Å². The standard InChI is InChI=1S/C25H17ClN2O2/c1-29-23-11-6-16(12-21(23)26)15-27-20-9-10-22-24(14-20)30-25(28-22)19-8-7-17-4-2-3-5-18(17)13-19/h2-15H,1H3. The molecule has 0 amide bonds. The average Bonchev–Trinajstić information content (AvgIpc) is 3.21. The molecular formula is C25H17ClN2O2. The fourth-order valence-corrected chi connectivity index (χ4v) is 3.62. The highest BCUT2D eigenvalue weighted by molar-refractivity contribution is 6.32. The number of fused-ring (bicyclic) bond motifs is 2. The first-order valence-corrected chi connectivity index (χ1v) is 9.85. The summed E-state index contributed by atoms with van der Waals surface area (Å²) < 4.78 is 11.2. The molecule has 4 aromatic carbocycles. The maximum Gasteiger partial charge on any atom is 0.227 e. The van der Waals surface area contributed by atoms with Crippen LogP contribution in [0.3, 0.4) is 0 Å². The van der Waals surface area contributed by atoms with E-state index in [1.54, 1.807) is 13.3 Å². The van der Waals surface area contributed by atoms with Gasteiger partial charge in [0.1, 0.15) is 11.3 Å². The molecule has 4 nitrogen and oxygen atoms in total. The monoisotopic (exact) mass is 412 g/mol. The molecule has 146 valence electrons. The van der Waals surface area contributed by atoms with Crippen LogP contribution in [0.1, 0.15) is 5.56 Å². The quantitative estimate of drug-likeness (QED) is 0.297. The molecule has 0 aliphatic heterocycles. The first kappa shape index (κ1) is 18.4. The summed E-state index contributed by atoms with van der Waals surface area (Å²) in [6, 6.07) is 25.7. The van der Waals surface area contributed by atoms with Gasteiger partial charge in [-0.05, 0) is 58.8 Å². The Morgan fingerprint density at radius 3 is 2.63 bits per heavy atom. The summed E-state index contributed by atoms with van der Waals surface area (Å²) in [7, 11) is 1.59. The second kappa shape index (κ2) is 7.65. The largest absolute Gasteiger partial charge is 0.495 e. The van der Waals surface area contributed by atoms with Crippen LogP contribution in [0.5, 0.6) is 5.75 Å². The van der Waals surface area contributed by atoms with E-state index >= 15 is 0 Å². The van der Waals surface area contributed by atoms with Crippen molar-refractivity contribution in [3.8, 4) is 17.2 Å². The third-order valence-electron chi connectivity index (χ3n) is 4.91. The molecule has 0 saturated carbocycles. The van der Waals surface area contributed by atoms with E-state index in [0.717, 1.165) is 27.7 Å². The molecule has 5 aromatic rings. The third-order valence-corrected chi connectivity index (χ3v) is 5.20. The lowest BCUT2D eigenvalue weighted by Gasteiger charge is -2.02. The maximum absolute atomic E-state index is 6.18. The number of ether oxygens (including phenoxy) is 1. The van der Waals surface area contributed by atoms with E-state index in [1.165, 1.54) is 5.39 Å². The number of halogens is 1. The van der Waals surface area contributed by atoms with Crippen LogP contribution in [0.2, 0.25) is 5.02 Å². The Labute approximate surface area is 178 Å². The molecule has 0 fully saturated rings. The van der Waals surface area contributed by atoms with Crippen molar-refractivity contribution in [3.05, 3.63) is 89.4 Å². The first-order chi connectivity index (χ1) is 14.7. The molecule has 1 heterocycles. The number of methoxy groups -OCH3 is 1. The highest BCUT2D eigenvalue weighted by atomic mass is 35.5. The normalized spacial score (nSPS) is 11.5. The van der Waals surface area contributed by atoms with E-state index < -0.39 is 0 Å². The van der Waals surface area contributed by atoms with Crippen LogP contribution < -0.4 is 4.74 Å². The number of hydrogen-bond acceptors (Lipinski definition) is 4. The molecule has 0 bridgehead atoms. The number of rotatable bonds is 4. The van der Waals surface area contributed by atoms with Crippen molar-refractivity contribution < 1.29 is 9.15 Å². The average molecular weight is 413 g/mol. The minimum absolute atomic E-state index is 0.548. The molecule has 0 unspecified atom stereocenters.